The first-order valence-electron chi connectivity index (χ1n) is 8.44. The van der Waals surface area contributed by atoms with Gasteiger partial charge >= 0.3 is 6.18 Å². The lowest BCUT2D eigenvalue weighted by Gasteiger charge is -2.16. The Morgan fingerprint density at radius 2 is 1.93 bits per heavy atom. The number of nitrogens with zero attached hydrogens (tertiary/aromatic N) is 2. The fourth-order valence-corrected chi connectivity index (χ4v) is 2.77. The topological polar surface area (TPSA) is 29.9 Å². The summed E-state index contributed by atoms with van der Waals surface area (Å²) in [6.07, 6.45) is 4.15. The van der Waals surface area contributed by atoms with Crippen molar-refractivity contribution in [2.75, 3.05) is 5.32 Å². The Hall–Kier alpha value is -3.46. The van der Waals surface area contributed by atoms with Crippen molar-refractivity contribution < 1.29 is 13.2 Å². The van der Waals surface area contributed by atoms with E-state index >= 15 is 0 Å². The maximum absolute atomic E-state index is 13.4. The highest BCUT2D eigenvalue weighted by Gasteiger charge is 2.31. The van der Waals surface area contributed by atoms with Crippen LogP contribution in [0.5, 0.6) is 0 Å². The van der Waals surface area contributed by atoms with Crippen LogP contribution >= 0.6 is 0 Å². The number of benzene rings is 2. The van der Waals surface area contributed by atoms with Crippen LogP contribution in [0.25, 0.3) is 11.4 Å². The Morgan fingerprint density at radius 1 is 1.18 bits per heavy atom. The zero-order chi connectivity index (χ0) is 20.5. The minimum atomic E-state index is -4.48. The second-order valence-electron chi connectivity index (χ2n) is 6.47. The number of rotatable bonds is 4. The molecular formula is C22H18F3N3. The first kappa shape index (κ1) is 19.3. The van der Waals surface area contributed by atoms with E-state index in [0.29, 0.717) is 28.2 Å². The highest BCUT2D eigenvalue weighted by Crippen LogP contribution is 2.34. The quantitative estimate of drug-likeness (QED) is 0.599. The molecule has 0 aliphatic rings. The van der Waals surface area contributed by atoms with E-state index in [1.54, 1.807) is 29.8 Å². The molecule has 0 radical (unpaired) electrons. The van der Waals surface area contributed by atoms with Gasteiger partial charge in [0.25, 0.3) is 0 Å². The molecule has 0 bridgehead atoms. The largest absolute Gasteiger partial charge is 0.416 e. The number of imidazole rings is 1. The molecule has 6 heteroatoms. The number of hydrogen-bond donors (Lipinski definition) is 1. The predicted octanol–water partition coefficient (Wildman–Crippen LogP) is 5.57. The van der Waals surface area contributed by atoms with Crippen LogP contribution in [0.3, 0.4) is 0 Å². The Balaban J connectivity index is 1.99. The van der Waals surface area contributed by atoms with E-state index in [0.717, 1.165) is 17.7 Å². The SMILES string of the molecule is C#Cc1cc(C(=C)Nc2cc(-n3cnc(C)c3)cc(C(F)(F)F)c2)ccc1C. The van der Waals surface area contributed by atoms with Crippen LogP contribution in [0.15, 0.2) is 55.5 Å². The van der Waals surface area contributed by atoms with Crippen LogP contribution in [0.4, 0.5) is 18.9 Å². The number of aryl methyl sites for hydroxylation is 2. The molecule has 1 aromatic heterocycles. The van der Waals surface area contributed by atoms with Crippen molar-refractivity contribution in [1.82, 2.24) is 9.55 Å². The maximum atomic E-state index is 13.4. The molecule has 0 amide bonds. The summed E-state index contributed by atoms with van der Waals surface area (Å²) in [7, 11) is 0. The Kier molecular flexibility index (Phi) is 5.02. The number of aromatic nitrogens is 2. The molecule has 1 N–H and O–H groups in total. The average Bonchev–Trinajstić information content (AvgIpc) is 3.07. The van der Waals surface area contributed by atoms with E-state index in [9.17, 15) is 13.2 Å². The fraction of sp³-hybridized carbons (Fsp3) is 0.136. The van der Waals surface area contributed by atoms with Crippen LogP contribution in [0.2, 0.25) is 0 Å². The number of hydrogen-bond acceptors (Lipinski definition) is 2. The second kappa shape index (κ2) is 7.28. The first-order valence-corrected chi connectivity index (χ1v) is 8.44. The van der Waals surface area contributed by atoms with Gasteiger partial charge in [-0.1, -0.05) is 24.6 Å². The monoisotopic (exact) mass is 381 g/mol. The summed E-state index contributed by atoms with van der Waals surface area (Å²) in [5.74, 6) is 2.59. The molecule has 0 aliphatic heterocycles. The molecule has 1 heterocycles. The lowest BCUT2D eigenvalue weighted by molar-refractivity contribution is -0.137. The molecule has 28 heavy (non-hydrogen) atoms. The highest BCUT2D eigenvalue weighted by atomic mass is 19.4. The highest BCUT2D eigenvalue weighted by molar-refractivity contribution is 5.77. The molecule has 3 aromatic rings. The van der Waals surface area contributed by atoms with Gasteiger partial charge in [0.2, 0.25) is 0 Å². The third kappa shape index (κ3) is 4.09. The van der Waals surface area contributed by atoms with E-state index in [1.165, 1.54) is 6.33 Å². The van der Waals surface area contributed by atoms with Gasteiger partial charge in [-0.25, -0.2) is 4.98 Å². The van der Waals surface area contributed by atoms with Crippen molar-refractivity contribution in [3.63, 3.8) is 0 Å². The Labute approximate surface area is 161 Å². The van der Waals surface area contributed by atoms with E-state index in [2.05, 4.69) is 22.8 Å². The van der Waals surface area contributed by atoms with E-state index in [-0.39, 0.29) is 5.69 Å². The van der Waals surface area contributed by atoms with Gasteiger partial charge in [0.05, 0.1) is 17.6 Å². The number of nitrogens with one attached hydrogen (secondary N) is 1. The zero-order valence-electron chi connectivity index (χ0n) is 15.4. The molecule has 0 atom stereocenters. The van der Waals surface area contributed by atoms with Gasteiger partial charge in [-0.3, -0.25) is 0 Å². The summed E-state index contributed by atoms with van der Waals surface area (Å²) >= 11 is 0. The lowest BCUT2D eigenvalue weighted by Crippen LogP contribution is -2.08. The average molecular weight is 381 g/mol. The van der Waals surface area contributed by atoms with Gasteiger partial charge in [-0.15, -0.1) is 6.42 Å². The molecular weight excluding hydrogens is 363 g/mol. The third-order valence-corrected chi connectivity index (χ3v) is 4.29. The van der Waals surface area contributed by atoms with Crippen LogP contribution in [0, 0.1) is 26.2 Å². The van der Waals surface area contributed by atoms with Gasteiger partial charge in [-0.2, -0.15) is 13.2 Å². The number of halogens is 3. The van der Waals surface area contributed by atoms with Crippen LogP contribution in [-0.4, -0.2) is 9.55 Å². The summed E-state index contributed by atoms with van der Waals surface area (Å²) in [5, 5.41) is 2.96. The number of anilines is 1. The van der Waals surface area contributed by atoms with Crippen LogP contribution in [-0.2, 0) is 6.18 Å². The lowest BCUT2D eigenvalue weighted by atomic mass is 10.0. The standard InChI is InChI=1S/C22H18F3N3/c1-5-17-8-18(7-6-14(17)2)16(4)27-20-9-19(22(23,24)25)10-21(11-20)28-12-15(3)26-13-28/h1,6-13,27H,4H2,2-3H3. The smallest absolute Gasteiger partial charge is 0.355 e. The summed E-state index contributed by atoms with van der Waals surface area (Å²) < 4.78 is 41.7. The molecule has 142 valence electrons. The van der Waals surface area contributed by atoms with E-state index in [4.69, 9.17) is 6.42 Å². The molecule has 0 saturated carbocycles. The van der Waals surface area contributed by atoms with Gasteiger partial charge in [-0.05, 0) is 49.2 Å². The summed E-state index contributed by atoms with van der Waals surface area (Å²) in [5.41, 5.74) is 3.36. The van der Waals surface area contributed by atoms with Crippen molar-refractivity contribution in [3.05, 3.63) is 83.4 Å². The molecule has 2 aromatic carbocycles. The molecule has 0 spiro atoms. The maximum Gasteiger partial charge on any atom is 0.416 e. The van der Waals surface area contributed by atoms with Crippen molar-refractivity contribution in [1.29, 1.82) is 0 Å². The molecule has 0 saturated heterocycles. The van der Waals surface area contributed by atoms with Gasteiger partial charge in [0, 0.05) is 28.8 Å². The molecule has 0 unspecified atom stereocenters. The van der Waals surface area contributed by atoms with Crippen molar-refractivity contribution in [3.8, 4) is 18.0 Å². The molecule has 3 rings (SSSR count). The van der Waals surface area contributed by atoms with Crippen molar-refractivity contribution >= 4 is 11.4 Å². The van der Waals surface area contributed by atoms with Crippen LogP contribution < -0.4 is 5.32 Å². The fourth-order valence-electron chi connectivity index (χ4n) is 2.77. The van der Waals surface area contributed by atoms with Gasteiger partial charge < -0.3 is 9.88 Å². The number of terminal acetylenes is 1. The minimum absolute atomic E-state index is 0.268. The minimum Gasteiger partial charge on any atom is -0.355 e. The van der Waals surface area contributed by atoms with Gasteiger partial charge in [0.1, 0.15) is 0 Å². The van der Waals surface area contributed by atoms with E-state index < -0.39 is 11.7 Å². The van der Waals surface area contributed by atoms with Gasteiger partial charge in [0.15, 0.2) is 0 Å². The summed E-state index contributed by atoms with van der Waals surface area (Å²) in [6, 6.07) is 9.19. The summed E-state index contributed by atoms with van der Waals surface area (Å²) in [4.78, 5) is 4.08. The first-order chi connectivity index (χ1) is 13.2. The molecule has 0 aliphatic carbocycles. The normalized spacial score (nSPS) is 11.1. The predicted molar refractivity (Wildman–Crippen MR) is 105 cm³/mol. The van der Waals surface area contributed by atoms with Crippen molar-refractivity contribution in [2.45, 2.75) is 20.0 Å². The zero-order valence-corrected chi connectivity index (χ0v) is 15.4. The third-order valence-electron chi connectivity index (χ3n) is 4.29. The van der Waals surface area contributed by atoms with Crippen LogP contribution in [0.1, 0.15) is 27.9 Å². The Bertz CT molecular complexity index is 1090. The number of alkyl halides is 3. The van der Waals surface area contributed by atoms with Crippen molar-refractivity contribution in [2.24, 2.45) is 0 Å². The van der Waals surface area contributed by atoms with E-state index in [1.807, 2.05) is 19.1 Å². The Morgan fingerprint density at radius 3 is 2.54 bits per heavy atom. The molecule has 3 nitrogen and oxygen atoms in total. The molecule has 0 fully saturated rings. The second-order valence-corrected chi connectivity index (χ2v) is 6.47. The summed E-state index contributed by atoms with van der Waals surface area (Å²) in [6.45, 7) is 7.60.